The third-order valence-electron chi connectivity index (χ3n) is 3.00. The maximum Gasteiger partial charge on any atom is 0.248 e. The maximum atomic E-state index is 12.0. The van der Waals surface area contributed by atoms with E-state index in [4.69, 9.17) is 4.74 Å². The summed E-state index contributed by atoms with van der Waals surface area (Å²) < 4.78 is 6.39. The average molecular weight is 393 g/mol. The summed E-state index contributed by atoms with van der Waals surface area (Å²) in [5, 5.41) is 2.88. The van der Waals surface area contributed by atoms with Gasteiger partial charge in [-0.3, -0.25) is 4.79 Å². The number of carbonyl (C=O) groups is 1. The molecule has 2 aromatic rings. The van der Waals surface area contributed by atoms with Crippen molar-refractivity contribution in [2.75, 3.05) is 12.4 Å². The van der Waals surface area contributed by atoms with Gasteiger partial charge in [0.15, 0.2) is 0 Å². The highest BCUT2D eigenvalue weighted by molar-refractivity contribution is 14.1. The topological polar surface area (TPSA) is 38.3 Å². The van der Waals surface area contributed by atoms with Gasteiger partial charge in [0.25, 0.3) is 0 Å². The van der Waals surface area contributed by atoms with E-state index in [0.717, 1.165) is 26.1 Å². The molecule has 0 bridgehead atoms. The number of carbonyl (C=O) groups excluding carboxylic acids is 1. The molecule has 0 aliphatic heterocycles. The van der Waals surface area contributed by atoms with Gasteiger partial charge in [-0.25, -0.2) is 0 Å². The standard InChI is InChI=1S/C17H16INO2/c1-12-11-14(18)8-9-15(12)19-17(20)10-7-13-5-3-4-6-16(13)21-2/h3-11H,1-2H3,(H,19,20). The fourth-order valence-electron chi connectivity index (χ4n) is 1.91. The Labute approximate surface area is 138 Å². The van der Waals surface area contributed by atoms with Gasteiger partial charge in [0.05, 0.1) is 7.11 Å². The van der Waals surface area contributed by atoms with Crippen molar-refractivity contribution < 1.29 is 9.53 Å². The SMILES string of the molecule is COc1ccccc1C=CC(=O)Nc1ccc(I)cc1C. The number of hydrogen-bond acceptors (Lipinski definition) is 2. The molecule has 0 aromatic heterocycles. The van der Waals surface area contributed by atoms with Gasteiger partial charge in [-0.2, -0.15) is 0 Å². The zero-order valence-corrected chi connectivity index (χ0v) is 14.0. The molecule has 0 aliphatic rings. The molecule has 0 fully saturated rings. The van der Waals surface area contributed by atoms with Crippen molar-refractivity contribution in [2.45, 2.75) is 6.92 Å². The summed E-state index contributed by atoms with van der Waals surface area (Å²) in [6, 6.07) is 13.5. The predicted molar refractivity (Wildman–Crippen MR) is 94.6 cm³/mol. The molecule has 0 radical (unpaired) electrons. The Hall–Kier alpha value is -1.82. The number of ether oxygens (including phenoxy) is 1. The van der Waals surface area contributed by atoms with E-state index in [1.807, 2.05) is 49.4 Å². The Morgan fingerprint density at radius 1 is 1.24 bits per heavy atom. The maximum absolute atomic E-state index is 12.0. The van der Waals surface area contributed by atoms with Crippen LogP contribution in [0.5, 0.6) is 5.75 Å². The largest absolute Gasteiger partial charge is 0.496 e. The Morgan fingerprint density at radius 3 is 2.71 bits per heavy atom. The molecule has 0 unspecified atom stereocenters. The minimum atomic E-state index is -0.162. The van der Waals surface area contributed by atoms with Crippen LogP contribution in [0, 0.1) is 10.5 Å². The van der Waals surface area contributed by atoms with E-state index >= 15 is 0 Å². The molecule has 1 N–H and O–H groups in total. The van der Waals surface area contributed by atoms with Crippen LogP contribution in [0.4, 0.5) is 5.69 Å². The number of halogens is 1. The van der Waals surface area contributed by atoms with E-state index in [0.29, 0.717) is 0 Å². The smallest absolute Gasteiger partial charge is 0.248 e. The van der Waals surface area contributed by atoms with Gasteiger partial charge in [0.2, 0.25) is 5.91 Å². The first-order valence-electron chi connectivity index (χ1n) is 6.48. The molecular weight excluding hydrogens is 377 g/mol. The fraction of sp³-hybridized carbons (Fsp3) is 0.118. The Kier molecular flexibility index (Phi) is 5.38. The molecule has 0 saturated carbocycles. The first-order chi connectivity index (χ1) is 10.1. The number of benzene rings is 2. The van der Waals surface area contributed by atoms with Crippen LogP contribution in [-0.4, -0.2) is 13.0 Å². The predicted octanol–water partition coefficient (Wildman–Crippen LogP) is 4.26. The van der Waals surface area contributed by atoms with Crippen molar-refractivity contribution >= 4 is 40.3 Å². The Balaban J connectivity index is 2.09. The third-order valence-corrected chi connectivity index (χ3v) is 3.67. The Morgan fingerprint density at radius 2 is 2.00 bits per heavy atom. The number of hydrogen-bond donors (Lipinski definition) is 1. The van der Waals surface area contributed by atoms with Crippen LogP contribution in [0.3, 0.4) is 0 Å². The quantitative estimate of drug-likeness (QED) is 0.623. The van der Waals surface area contributed by atoms with E-state index in [1.165, 1.54) is 6.08 Å². The number of methoxy groups -OCH3 is 1. The molecule has 2 rings (SSSR count). The molecule has 0 aliphatic carbocycles. The van der Waals surface area contributed by atoms with E-state index in [-0.39, 0.29) is 5.91 Å². The first kappa shape index (κ1) is 15.6. The lowest BCUT2D eigenvalue weighted by Gasteiger charge is -2.07. The van der Waals surface area contributed by atoms with Crippen LogP contribution in [0.15, 0.2) is 48.5 Å². The van der Waals surface area contributed by atoms with Crippen LogP contribution in [0.1, 0.15) is 11.1 Å². The zero-order valence-electron chi connectivity index (χ0n) is 11.9. The second-order valence-electron chi connectivity index (χ2n) is 4.52. The van der Waals surface area contributed by atoms with Gasteiger partial charge in [0.1, 0.15) is 5.75 Å². The lowest BCUT2D eigenvalue weighted by Crippen LogP contribution is -2.09. The van der Waals surface area contributed by atoms with E-state index in [9.17, 15) is 4.79 Å². The summed E-state index contributed by atoms with van der Waals surface area (Å²) in [4.78, 5) is 12.0. The highest BCUT2D eigenvalue weighted by Crippen LogP contribution is 2.20. The number of para-hydroxylation sites is 1. The summed E-state index contributed by atoms with van der Waals surface area (Å²) in [6.07, 6.45) is 3.26. The molecule has 2 aromatic carbocycles. The van der Waals surface area contributed by atoms with Crippen molar-refractivity contribution in [3.8, 4) is 5.75 Å². The van der Waals surface area contributed by atoms with Crippen molar-refractivity contribution in [1.82, 2.24) is 0 Å². The number of aryl methyl sites for hydroxylation is 1. The van der Waals surface area contributed by atoms with Gasteiger partial charge < -0.3 is 10.1 Å². The van der Waals surface area contributed by atoms with E-state index in [1.54, 1.807) is 13.2 Å². The number of anilines is 1. The molecular formula is C17H16INO2. The second kappa shape index (κ2) is 7.26. The molecule has 1 amide bonds. The Bertz CT molecular complexity index is 680. The van der Waals surface area contributed by atoms with Gasteiger partial charge in [-0.1, -0.05) is 18.2 Å². The van der Waals surface area contributed by atoms with Crippen molar-refractivity contribution in [1.29, 1.82) is 0 Å². The average Bonchev–Trinajstić information content (AvgIpc) is 2.48. The summed E-state index contributed by atoms with van der Waals surface area (Å²) >= 11 is 2.25. The van der Waals surface area contributed by atoms with Crippen LogP contribution < -0.4 is 10.1 Å². The summed E-state index contributed by atoms with van der Waals surface area (Å²) in [5.74, 6) is 0.581. The highest BCUT2D eigenvalue weighted by atomic mass is 127. The number of amides is 1. The zero-order chi connectivity index (χ0) is 15.2. The third kappa shape index (κ3) is 4.32. The molecule has 0 heterocycles. The minimum absolute atomic E-state index is 0.162. The van der Waals surface area contributed by atoms with E-state index < -0.39 is 0 Å². The molecule has 0 atom stereocenters. The van der Waals surface area contributed by atoms with Crippen LogP contribution in [-0.2, 0) is 4.79 Å². The van der Waals surface area contributed by atoms with Crippen LogP contribution >= 0.6 is 22.6 Å². The van der Waals surface area contributed by atoms with Crippen LogP contribution in [0.25, 0.3) is 6.08 Å². The number of rotatable bonds is 4. The molecule has 21 heavy (non-hydrogen) atoms. The van der Waals surface area contributed by atoms with Gasteiger partial charge >= 0.3 is 0 Å². The molecule has 108 valence electrons. The molecule has 0 spiro atoms. The van der Waals surface area contributed by atoms with Crippen LogP contribution in [0.2, 0.25) is 0 Å². The molecule has 4 heteroatoms. The van der Waals surface area contributed by atoms with Crippen molar-refractivity contribution in [3.05, 3.63) is 63.2 Å². The second-order valence-corrected chi connectivity index (χ2v) is 5.77. The summed E-state index contributed by atoms with van der Waals surface area (Å²) in [6.45, 7) is 1.97. The van der Waals surface area contributed by atoms with Gasteiger partial charge in [-0.05, 0) is 65.4 Å². The number of nitrogens with one attached hydrogen (secondary N) is 1. The lowest BCUT2D eigenvalue weighted by atomic mass is 10.2. The normalized spacial score (nSPS) is 10.6. The first-order valence-corrected chi connectivity index (χ1v) is 7.56. The molecule has 0 saturated heterocycles. The summed E-state index contributed by atoms with van der Waals surface area (Å²) in [7, 11) is 1.61. The lowest BCUT2D eigenvalue weighted by molar-refractivity contribution is -0.111. The van der Waals surface area contributed by atoms with Gasteiger partial charge in [0, 0.05) is 20.9 Å². The van der Waals surface area contributed by atoms with E-state index in [2.05, 4.69) is 27.9 Å². The molecule has 3 nitrogen and oxygen atoms in total. The fourth-order valence-corrected chi connectivity index (χ4v) is 2.56. The van der Waals surface area contributed by atoms with Crippen molar-refractivity contribution in [2.24, 2.45) is 0 Å². The minimum Gasteiger partial charge on any atom is -0.496 e. The van der Waals surface area contributed by atoms with Gasteiger partial charge in [-0.15, -0.1) is 0 Å². The van der Waals surface area contributed by atoms with Crippen molar-refractivity contribution in [3.63, 3.8) is 0 Å². The summed E-state index contributed by atoms with van der Waals surface area (Å²) in [5.41, 5.74) is 2.74. The monoisotopic (exact) mass is 393 g/mol. The highest BCUT2D eigenvalue weighted by Gasteiger charge is 2.03.